The van der Waals surface area contributed by atoms with E-state index in [1.165, 1.54) is 11.1 Å². The minimum Gasteiger partial charge on any atom is -0.494 e. The van der Waals surface area contributed by atoms with Crippen LogP contribution >= 0.6 is 0 Å². The Hall–Kier alpha value is -3.27. The van der Waals surface area contributed by atoms with Crippen LogP contribution in [0.15, 0.2) is 72.8 Å². The highest BCUT2D eigenvalue weighted by atomic mass is 16.5. The van der Waals surface area contributed by atoms with Gasteiger partial charge in [-0.3, -0.25) is 4.79 Å². The first-order valence-corrected chi connectivity index (χ1v) is 10.5. The maximum atomic E-state index is 12.4. The fourth-order valence-electron chi connectivity index (χ4n) is 3.42. The van der Waals surface area contributed by atoms with E-state index in [9.17, 15) is 4.79 Å². The lowest BCUT2D eigenvalue weighted by Gasteiger charge is -2.14. The van der Waals surface area contributed by atoms with Crippen molar-refractivity contribution in [3.8, 4) is 5.75 Å². The molecule has 0 aliphatic heterocycles. The van der Waals surface area contributed by atoms with E-state index in [1.54, 1.807) is 0 Å². The molecule has 156 valence electrons. The van der Waals surface area contributed by atoms with Gasteiger partial charge in [0.2, 0.25) is 5.91 Å². The average Bonchev–Trinajstić information content (AvgIpc) is 2.76. The summed E-state index contributed by atoms with van der Waals surface area (Å²) in [6.07, 6.45) is 2.86. The summed E-state index contributed by atoms with van der Waals surface area (Å²) in [4.78, 5) is 12.4. The molecule has 0 unspecified atom stereocenters. The molecule has 0 radical (unpaired) electrons. The minimum atomic E-state index is -0.0819. The minimum absolute atomic E-state index is 0.0819. The van der Waals surface area contributed by atoms with Gasteiger partial charge in [0.15, 0.2) is 0 Å². The Labute approximate surface area is 179 Å². The summed E-state index contributed by atoms with van der Waals surface area (Å²) in [6, 6.07) is 24.1. The van der Waals surface area contributed by atoms with Gasteiger partial charge in [-0.15, -0.1) is 0 Å². The average molecular weight is 403 g/mol. The number of carbonyl (C=O) groups is 1. The van der Waals surface area contributed by atoms with Crippen molar-refractivity contribution in [2.75, 3.05) is 23.8 Å². The summed E-state index contributed by atoms with van der Waals surface area (Å²) in [5.41, 5.74) is 5.46. The Bertz CT molecular complexity index is 954. The van der Waals surface area contributed by atoms with E-state index in [0.29, 0.717) is 6.61 Å². The zero-order chi connectivity index (χ0) is 21.2. The summed E-state index contributed by atoms with van der Waals surface area (Å²) in [5, 5.41) is 6.23. The zero-order valence-corrected chi connectivity index (χ0v) is 17.8. The molecule has 0 aromatic heterocycles. The lowest BCUT2D eigenvalue weighted by molar-refractivity contribution is -0.114. The van der Waals surface area contributed by atoms with Crippen molar-refractivity contribution in [3.63, 3.8) is 0 Å². The topological polar surface area (TPSA) is 50.4 Å². The lowest BCUT2D eigenvalue weighted by Crippen LogP contribution is -2.22. The molecule has 4 nitrogen and oxygen atoms in total. The molecule has 0 aliphatic rings. The van der Waals surface area contributed by atoms with Crippen LogP contribution in [0.4, 0.5) is 11.4 Å². The van der Waals surface area contributed by atoms with E-state index in [2.05, 4.69) is 60.9 Å². The normalized spacial score (nSPS) is 10.5. The molecular formula is C26H30N2O2. The van der Waals surface area contributed by atoms with Gasteiger partial charge in [0.05, 0.1) is 13.2 Å². The molecule has 0 bridgehead atoms. The van der Waals surface area contributed by atoms with E-state index >= 15 is 0 Å². The number of hydrogen-bond acceptors (Lipinski definition) is 3. The van der Waals surface area contributed by atoms with Crippen LogP contribution in [0.3, 0.4) is 0 Å². The summed E-state index contributed by atoms with van der Waals surface area (Å²) in [5.74, 6) is 0.683. The number of carbonyl (C=O) groups excluding carboxylic acids is 1. The molecule has 0 aliphatic carbocycles. The third-order valence-corrected chi connectivity index (χ3v) is 5.00. The fraction of sp³-hybridized carbons (Fsp3) is 0.269. The molecule has 2 N–H and O–H groups in total. The largest absolute Gasteiger partial charge is 0.494 e. The molecular weight excluding hydrogens is 372 g/mol. The number of ether oxygens (including phenoxy) is 1. The number of aryl methyl sites for hydroxylation is 3. The van der Waals surface area contributed by atoms with E-state index in [0.717, 1.165) is 42.0 Å². The molecule has 0 fully saturated rings. The molecule has 3 aromatic carbocycles. The first-order valence-electron chi connectivity index (χ1n) is 10.5. The van der Waals surface area contributed by atoms with Crippen molar-refractivity contribution in [1.82, 2.24) is 0 Å². The van der Waals surface area contributed by atoms with Crippen LogP contribution in [0.25, 0.3) is 0 Å². The summed E-state index contributed by atoms with van der Waals surface area (Å²) in [6.45, 7) is 5.03. The Morgan fingerprint density at radius 2 is 1.77 bits per heavy atom. The number of rotatable bonds is 10. The third-order valence-electron chi connectivity index (χ3n) is 5.00. The molecule has 0 atom stereocenters. The molecule has 3 rings (SSSR count). The number of hydrogen-bond donors (Lipinski definition) is 2. The smallest absolute Gasteiger partial charge is 0.243 e. The molecule has 0 heterocycles. The number of anilines is 2. The summed E-state index contributed by atoms with van der Waals surface area (Å²) >= 11 is 0. The second kappa shape index (κ2) is 11.1. The van der Waals surface area contributed by atoms with E-state index in [1.807, 2.05) is 36.4 Å². The van der Waals surface area contributed by atoms with Gasteiger partial charge in [-0.2, -0.15) is 0 Å². The van der Waals surface area contributed by atoms with E-state index < -0.39 is 0 Å². The van der Waals surface area contributed by atoms with Crippen molar-refractivity contribution in [1.29, 1.82) is 0 Å². The SMILES string of the molecule is CCc1cccc(C)c1NCC(=O)Nc1cccc(OCCCc2ccccc2)c1. The van der Waals surface area contributed by atoms with Gasteiger partial charge in [-0.25, -0.2) is 0 Å². The Morgan fingerprint density at radius 3 is 2.57 bits per heavy atom. The second-order valence-corrected chi connectivity index (χ2v) is 7.33. The molecule has 0 spiro atoms. The van der Waals surface area contributed by atoms with Gasteiger partial charge < -0.3 is 15.4 Å². The number of para-hydroxylation sites is 1. The van der Waals surface area contributed by atoms with Crippen molar-refractivity contribution in [2.45, 2.75) is 33.1 Å². The molecule has 4 heteroatoms. The quantitative estimate of drug-likeness (QED) is 0.433. The lowest BCUT2D eigenvalue weighted by atomic mass is 10.1. The van der Waals surface area contributed by atoms with Gasteiger partial charge in [-0.05, 0) is 55.0 Å². The van der Waals surface area contributed by atoms with Crippen LogP contribution < -0.4 is 15.4 Å². The van der Waals surface area contributed by atoms with Gasteiger partial charge in [0, 0.05) is 17.4 Å². The predicted molar refractivity (Wildman–Crippen MR) is 124 cm³/mol. The highest BCUT2D eigenvalue weighted by molar-refractivity contribution is 5.94. The molecule has 30 heavy (non-hydrogen) atoms. The van der Waals surface area contributed by atoms with Crippen LogP contribution in [-0.2, 0) is 17.6 Å². The molecule has 3 aromatic rings. The third kappa shape index (κ3) is 6.38. The van der Waals surface area contributed by atoms with E-state index in [4.69, 9.17) is 4.74 Å². The molecule has 0 saturated carbocycles. The number of benzene rings is 3. The van der Waals surface area contributed by atoms with Crippen molar-refractivity contribution < 1.29 is 9.53 Å². The second-order valence-electron chi connectivity index (χ2n) is 7.33. The monoisotopic (exact) mass is 402 g/mol. The Kier molecular flexibility index (Phi) is 7.90. The predicted octanol–water partition coefficient (Wildman–Crippen LogP) is 5.62. The van der Waals surface area contributed by atoms with E-state index in [-0.39, 0.29) is 12.5 Å². The van der Waals surface area contributed by atoms with Crippen LogP contribution in [-0.4, -0.2) is 19.1 Å². The molecule has 1 amide bonds. The van der Waals surface area contributed by atoms with Gasteiger partial charge in [0.25, 0.3) is 0 Å². The highest BCUT2D eigenvalue weighted by Crippen LogP contribution is 2.21. The summed E-state index contributed by atoms with van der Waals surface area (Å²) in [7, 11) is 0. The maximum Gasteiger partial charge on any atom is 0.243 e. The number of nitrogens with one attached hydrogen (secondary N) is 2. The van der Waals surface area contributed by atoms with Crippen molar-refractivity contribution in [3.05, 3.63) is 89.5 Å². The molecule has 0 saturated heterocycles. The first kappa shape index (κ1) is 21.4. The number of amides is 1. The van der Waals surface area contributed by atoms with Crippen LogP contribution in [0, 0.1) is 6.92 Å². The highest BCUT2D eigenvalue weighted by Gasteiger charge is 2.07. The van der Waals surface area contributed by atoms with Gasteiger partial charge >= 0.3 is 0 Å². The van der Waals surface area contributed by atoms with Crippen molar-refractivity contribution >= 4 is 17.3 Å². The zero-order valence-electron chi connectivity index (χ0n) is 17.8. The Morgan fingerprint density at radius 1 is 0.967 bits per heavy atom. The van der Waals surface area contributed by atoms with Crippen LogP contribution in [0.2, 0.25) is 0 Å². The van der Waals surface area contributed by atoms with Crippen molar-refractivity contribution in [2.24, 2.45) is 0 Å². The maximum absolute atomic E-state index is 12.4. The van der Waals surface area contributed by atoms with Gasteiger partial charge in [0.1, 0.15) is 5.75 Å². The Balaban J connectivity index is 1.47. The fourth-order valence-corrected chi connectivity index (χ4v) is 3.42. The standard InChI is InChI=1S/C26H30N2O2/c1-3-22-14-7-10-20(2)26(22)27-19-25(29)28-23-15-8-16-24(18-23)30-17-9-13-21-11-5-4-6-12-21/h4-8,10-12,14-16,18,27H,3,9,13,17,19H2,1-2H3,(H,28,29). The van der Waals surface area contributed by atoms with Gasteiger partial charge in [-0.1, -0.05) is 61.5 Å². The first-order chi connectivity index (χ1) is 14.7. The van der Waals surface area contributed by atoms with Crippen LogP contribution in [0.1, 0.15) is 30.0 Å². The van der Waals surface area contributed by atoms with Crippen LogP contribution in [0.5, 0.6) is 5.75 Å². The summed E-state index contributed by atoms with van der Waals surface area (Å²) < 4.78 is 5.86.